The highest BCUT2D eigenvalue weighted by molar-refractivity contribution is 5.93. The molecule has 3 rings (SSSR count). The van der Waals surface area contributed by atoms with Crippen molar-refractivity contribution in [3.8, 4) is 5.69 Å². The molecule has 0 unspecified atom stereocenters. The van der Waals surface area contributed by atoms with Crippen molar-refractivity contribution in [1.82, 2.24) is 9.55 Å². The number of anilines is 1. The molecule has 0 aliphatic heterocycles. The van der Waals surface area contributed by atoms with E-state index in [1.165, 1.54) is 0 Å². The van der Waals surface area contributed by atoms with Gasteiger partial charge in [-0.25, -0.2) is 4.98 Å². The Morgan fingerprint density at radius 3 is 2.47 bits per heavy atom. The summed E-state index contributed by atoms with van der Waals surface area (Å²) in [5.74, 6) is -0.526. The number of nitrogen functional groups attached to an aromatic ring is 1. The lowest BCUT2D eigenvalue weighted by Crippen LogP contribution is -2.12. The highest BCUT2D eigenvalue weighted by Gasteiger charge is 2.07. The van der Waals surface area contributed by atoms with E-state index < -0.39 is 5.91 Å². The molecule has 5 heteroatoms. The van der Waals surface area contributed by atoms with Crippen molar-refractivity contribution in [2.75, 3.05) is 5.73 Å². The first-order valence-corrected chi connectivity index (χ1v) is 5.79. The second kappa shape index (κ2) is 4.13. The molecule has 2 aromatic heterocycles. The van der Waals surface area contributed by atoms with Crippen LogP contribution in [0.1, 0.15) is 10.5 Å². The van der Waals surface area contributed by atoms with Crippen LogP contribution in [0.2, 0.25) is 0 Å². The number of pyridine rings is 1. The van der Waals surface area contributed by atoms with Gasteiger partial charge in [0.15, 0.2) is 0 Å². The van der Waals surface area contributed by atoms with Crippen LogP contribution in [0, 0.1) is 0 Å². The molecule has 3 aromatic rings. The lowest BCUT2D eigenvalue weighted by Gasteiger charge is -2.05. The number of benzene rings is 1. The lowest BCUT2D eigenvalue weighted by atomic mass is 10.2. The number of nitrogens with two attached hydrogens (primary N) is 2. The van der Waals surface area contributed by atoms with Crippen molar-refractivity contribution < 1.29 is 4.79 Å². The highest BCUT2D eigenvalue weighted by Crippen LogP contribution is 2.20. The second-order valence-corrected chi connectivity index (χ2v) is 4.24. The fourth-order valence-corrected chi connectivity index (χ4v) is 2.02. The van der Waals surface area contributed by atoms with Crippen molar-refractivity contribution >= 4 is 22.6 Å². The van der Waals surface area contributed by atoms with Crippen molar-refractivity contribution in [3.63, 3.8) is 0 Å². The van der Waals surface area contributed by atoms with Crippen LogP contribution in [0.5, 0.6) is 0 Å². The topological polar surface area (TPSA) is 86.9 Å². The van der Waals surface area contributed by atoms with E-state index in [0.717, 1.165) is 16.7 Å². The first-order chi connectivity index (χ1) is 9.15. The molecule has 1 aromatic carbocycles. The van der Waals surface area contributed by atoms with E-state index in [1.54, 1.807) is 6.07 Å². The van der Waals surface area contributed by atoms with Crippen LogP contribution in [0.15, 0.2) is 48.7 Å². The number of rotatable bonds is 2. The van der Waals surface area contributed by atoms with E-state index in [2.05, 4.69) is 4.98 Å². The van der Waals surface area contributed by atoms with Crippen LogP contribution in [-0.4, -0.2) is 15.5 Å². The summed E-state index contributed by atoms with van der Waals surface area (Å²) in [6.45, 7) is 0. The molecule has 0 spiro atoms. The van der Waals surface area contributed by atoms with E-state index in [-0.39, 0.29) is 5.69 Å². The molecular formula is C14H12N4O. The van der Waals surface area contributed by atoms with Crippen LogP contribution in [0.4, 0.5) is 5.69 Å². The summed E-state index contributed by atoms with van der Waals surface area (Å²) >= 11 is 0. The summed E-state index contributed by atoms with van der Waals surface area (Å²) in [7, 11) is 0. The number of nitrogens with zero attached hydrogens (tertiary/aromatic N) is 2. The normalized spacial score (nSPS) is 10.7. The molecule has 0 atom stereocenters. The molecule has 1 amide bonds. The van der Waals surface area contributed by atoms with Gasteiger partial charge in [-0.05, 0) is 42.5 Å². The summed E-state index contributed by atoms with van der Waals surface area (Å²) in [6.07, 6.45) is 1.90. The van der Waals surface area contributed by atoms with Crippen LogP contribution in [-0.2, 0) is 0 Å². The Kier molecular flexibility index (Phi) is 2.45. The SMILES string of the molecule is NC(=O)c1ccc2c(ccn2-c2ccc(N)cc2)n1. The third-order valence-corrected chi connectivity index (χ3v) is 2.97. The number of amides is 1. The van der Waals surface area contributed by atoms with E-state index in [0.29, 0.717) is 5.69 Å². The molecule has 0 saturated heterocycles. The Labute approximate surface area is 109 Å². The van der Waals surface area contributed by atoms with Gasteiger partial charge in [0, 0.05) is 17.6 Å². The van der Waals surface area contributed by atoms with Crippen molar-refractivity contribution in [1.29, 1.82) is 0 Å². The molecule has 5 nitrogen and oxygen atoms in total. The summed E-state index contributed by atoms with van der Waals surface area (Å²) < 4.78 is 1.98. The summed E-state index contributed by atoms with van der Waals surface area (Å²) in [5, 5.41) is 0. The summed E-state index contributed by atoms with van der Waals surface area (Å²) in [4.78, 5) is 15.3. The third kappa shape index (κ3) is 1.91. The highest BCUT2D eigenvalue weighted by atomic mass is 16.1. The van der Waals surface area contributed by atoms with Gasteiger partial charge in [-0.2, -0.15) is 0 Å². The van der Waals surface area contributed by atoms with Gasteiger partial charge in [-0.3, -0.25) is 4.79 Å². The number of hydrogen-bond acceptors (Lipinski definition) is 3. The maximum atomic E-state index is 11.1. The number of hydrogen-bond donors (Lipinski definition) is 2. The van der Waals surface area contributed by atoms with Gasteiger partial charge in [0.25, 0.3) is 5.91 Å². The molecule has 0 bridgehead atoms. The van der Waals surface area contributed by atoms with Gasteiger partial charge < -0.3 is 16.0 Å². The Morgan fingerprint density at radius 1 is 1.05 bits per heavy atom. The molecule has 0 fully saturated rings. The average molecular weight is 252 g/mol. The van der Waals surface area contributed by atoms with Crippen LogP contribution in [0.3, 0.4) is 0 Å². The smallest absolute Gasteiger partial charge is 0.267 e. The lowest BCUT2D eigenvalue weighted by molar-refractivity contribution is 0.0996. The van der Waals surface area contributed by atoms with E-state index in [1.807, 2.05) is 47.2 Å². The fourth-order valence-electron chi connectivity index (χ4n) is 2.02. The molecule has 0 saturated carbocycles. The number of fused-ring (bicyclic) bond motifs is 1. The van der Waals surface area contributed by atoms with Gasteiger partial charge in [0.05, 0.1) is 11.0 Å². The number of aromatic nitrogens is 2. The minimum atomic E-state index is -0.526. The summed E-state index contributed by atoms with van der Waals surface area (Å²) in [5.41, 5.74) is 14.5. The Balaban J connectivity index is 2.15. The maximum Gasteiger partial charge on any atom is 0.267 e. The second-order valence-electron chi connectivity index (χ2n) is 4.24. The Hall–Kier alpha value is -2.82. The first-order valence-electron chi connectivity index (χ1n) is 5.79. The zero-order valence-corrected chi connectivity index (χ0v) is 10.1. The predicted molar refractivity (Wildman–Crippen MR) is 74.0 cm³/mol. The zero-order chi connectivity index (χ0) is 13.4. The van der Waals surface area contributed by atoms with Crippen LogP contribution < -0.4 is 11.5 Å². The van der Waals surface area contributed by atoms with Crippen molar-refractivity contribution in [3.05, 3.63) is 54.4 Å². The molecule has 19 heavy (non-hydrogen) atoms. The quantitative estimate of drug-likeness (QED) is 0.680. The zero-order valence-electron chi connectivity index (χ0n) is 10.1. The largest absolute Gasteiger partial charge is 0.399 e. The fraction of sp³-hybridized carbons (Fsp3) is 0. The van der Waals surface area contributed by atoms with E-state index in [9.17, 15) is 4.79 Å². The van der Waals surface area contributed by atoms with Gasteiger partial charge in [0.1, 0.15) is 5.69 Å². The Bertz CT molecular complexity index is 759. The van der Waals surface area contributed by atoms with Gasteiger partial charge in [-0.15, -0.1) is 0 Å². The molecule has 0 aliphatic rings. The third-order valence-electron chi connectivity index (χ3n) is 2.97. The van der Waals surface area contributed by atoms with Gasteiger partial charge in [-0.1, -0.05) is 0 Å². The van der Waals surface area contributed by atoms with Crippen LogP contribution >= 0.6 is 0 Å². The van der Waals surface area contributed by atoms with Crippen molar-refractivity contribution in [2.45, 2.75) is 0 Å². The molecule has 2 heterocycles. The monoisotopic (exact) mass is 252 g/mol. The molecule has 0 radical (unpaired) electrons. The molecule has 4 N–H and O–H groups in total. The number of carbonyl (C=O) groups is 1. The van der Waals surface area contributed by atoms with Crippen molar-refractivity contribution in [2.24, 2.45) is 5.73 Å². The number of primary amides is 1. The molecule has 0 aliphatic carbocycles. The van der Waals surface area contributed by atoms with Gasteiger partial charge in [0.2, 0.25) is 0 Å². The molecular weight excluding hydrogens is 240 g/mol. The maximum absolute atomic E-state index is 11.1. The minimum absolute atomic E-state index is 0.266. The first kappa shape index (κ1) is 11.3. The molecule has 94 valence electrons. The number of carbonyl (C=O) groups excluding carboxylic acids is 1. The Morgan fingerprint density at radius 2 is 1.79 bits per heavy atom. The van der Waals surface area contributed by atoms with E-state index in [4.69, 9.17) is 11.5 Å². The predicted octanol–water partition coefficient (Wildman–Crippen LogP) is 1.71. The van der Waals surface area contributed by atoms with Gasteiger partial charge >= 0.3 is 0 Å². The average Bonchev–Trinajstić information content (AvgIpc) is 2.82. The minimum Gasteiger partial charge on any atom is -0.399 e. The van der Waals surface area contributed by atoms with E-state index >= 15 is 0 Å². The standard InChI is InChI=1S/C14H12N4O/c15-9-1-3-10(4-2-9)18-8-7-11-13(18)6-5-12(17-11)14(16)19/h1-8H,15H2,(H2,16,19). The van der Waals surface area contributed by atoms with Crippen LogP contribution in [0.25, 0.3) is 16.7 Å². The summed E-state index contributed by atoms with van der Waals surface area (Å²) in [6, 6.07) is 12.8.